The van der Waals surface area contributed by atoms with E-state index in [2.05, 4.69) is 22.2 Å². The third kappa shape index (κ3) is 10.6. The quantitative estimate of drug-likeness (QED) is 0.0981. The molecule has 2 aliphatic heterocycles. The molecule has 0 radical (unpaired) electrons. The van der Waals surface area contributed by atoms with Gasteiger partial charge in [0.2, 0.25) is 0 Å². The molecule has 1 spiro atoms. The van der Waals surface area contributed by atoms with Gasteiger partial charge in [0.05, 0.1) is 12.6 Å². The van der Waals surface area contributed by atoms with Crippen molar-refractivity contribution in [1.82, 2.24) is 5.32 Å². The fraction of sp³-hybridized carbons (Fsp3) is 0.885. The van der Waals surface area contributed by atoms with Gasteiger partial charge in [0.1, 0.15) is 5.92 Å². The number of guanidine groups is 2. The monoisotopic (exact) mass is 494 g/mol. The second-order valence-electron chi connectivity index (χ2n) is 10.0. The molecule has 7 N–H and O–H groups in total. The smallest absolute Gasteiger partial charge is 0.316 e. The molecular formula is C26H50N6O3. The summed E-state index contributed by atoms with van der Waals surface area (Å²) in [5.41, 5.74) is 16.0. The molecule has 202 valence electrons. The molecule has 0 aromatic carbocycles. The van der Waals surface area contributed by atoms with Crippen molar-refractivity contribution < 1.29 is 14.3 Å². The van der Waals surface area contributed by atoms with Crippen LogP contribution in [0.5, 0.6) is 0 Å². The molecule has 0 aliphatic carbocycles. The highest BCUT2D eigenvalue weighted by Gasteiger charge is 2.53. The van der Waals surface area contributed by atoms with Crippen LogP contribution in [-0.2, 0) is 14.3 Å². The number of hydrogen-bond donors (Lipinski definition) is 4. The number of unbranched alkanes of at least 4 members (excludes halogenated alkanes) is 11. The minimum atomic E-state index is -0.774. The predicted octanol–water partition coefficient (Wildman–Crippen LogP) is 3.69. The van der Waals surface area contributed by atoms with E-state index in [1.807, 2.05) is 0 Å². The fourth-order valence-corrected chi connectivity index (χ4v) is 5.18. The van der Waals surface area contributed by atoms with E-state index in [4.69, 9.17) is 26.7 Å². The van der Waals surface area contributed by atoms with E-state index in [1.54, 1.807) is 0 Å². The first-order valence-corrected chi connectivity index (χ1v) is 14.0. The predicted molar refractivity (Wildman–Crippen MR) is 142 cm³/mol. The van der Waals surface area contributed by atoms with Crippen molar-refractivity contribution in [3.8, 4) is 0 Å². The number of esters is 1. The molecule has 0 aromatic heterocycles. The number of hydrogen-bond acceptors (Lipinski definition) is 7. The SMILES string of the molecule is CCCCCCCCC[C@@H]1N=C(N)N[C@]2(CCCO2)[C@@H]1C(=O)OCCCCCCCCN=C(N)N. The highest BCUT2D eigenvalue weighted by molar-refractivity contribution is 5.84. The van der Waals surface area contributed by atoms with Crippen LogP contribution in [0.1, 0.15) is 110 Å². The topological polar surface area (TPSA) is 150 Å². The van der Waals surface area contributed by atoms with Crippen molar-refractivity contribution >= 4 is 17.9 Å². The highest BCUT2D eigenvalue weighted by atomic mass is 16.5. The summed E-state index contributed by atoms with van der Waals surface area (Å²) in [6.07, 6.45) is 17.3. The lowest BCUT2D eigenvalue weighted by Crippen LogP contribution is -2.64. The summed E-state index contributed by atoms with van der Waals surface area (Å²) in [5.74, 6) is -0.125. The Bertz CT molecular complexity index is 659. The molecule has 0 aromatic rings. The summed E-state index contributed by atoms with van der Waals surface area (Å²) in [6, 6.07) is -0.192. The summed E-state index contributed by atoms with van der Waals surface area (Å²) in [5, 5.41) is 3.20. The molecule has 2 heterocycles. The molecule has 3 atom stereocenters. The molecule has 0 bridgehead atoms. The Kier molecular flexibility index (Phi) is 13.9. The lowest BCUT2D eigenvalue weighted by atomic mass is 9.82. The first kappa shape index (κ1) is 29.2. The molecule has 9 heteroatoms. The maximum atomic E-state index is 13.3. The van der Waals surface area contributed by atoms with Gasteiger partial charge >= 0.3 is 5.97 Å². The van der Waals surface area contributed by atoms with Crippen molar-refractivity contribution in [1.29, 1.82) is 0 Å². The van der Waals surface area contributed by atoms with Crippen LogP contribution in [0.15, 0.2) is 9.98 Å². The van der Waals surface area contributed by atoms with Crippen LogP contribution in [0.4, 0.5) is 0 Å². The molecule has 1 saturated heterocycles. The van der Waals surface area contributed by atoms with Gasteiger partial charge in [-0.15, -0.1) is 0 Å². The van der Waals surface area contributed by atoms with Crippen molar-refractivity contribution in [3.05, 3.63) is 0 Å². The third-order valence-corrected chi connectivity index (χ3v) is 7.03. The standard InChI is InChI=1S/C26H50N6O3/c1-2-3-4-5-6-9-12-16-21-22(26(17-15-20-35-26)32-25(29)31-21)23(33)34-19-14-11-8-7-10-13-18-30-24(27)28/h21-22H,2-20H2,1H3,(H4,27,28,30)(H3,29,31,32)/t21-,22-,26-/m0/s1. The average Bonchev–Trinajstić information content (AvgIpc) is 3.27. The number of ether oxygens (including phenoxy) is 2. The second kappa shape index (κ2) is 16.6. The van der Waals surface area contributed by atoms with Gasteiger partial charge in [-0.25, -0.2) is 4.99 Å². The average molecular weight is 495 g/mol. The Morgan fingerprint density at radius 2 is 1.71 bits per heavy atom. The largest absolute Gasteiger partial charge is 0.465 e. The summed E-state index contributed by atoms with van der Waals surface area (Å²) in [4.78, 5) is 21.9. The Hall–Kier alpha value is -2.03. The summed E-state index contributed by atoms with van der Waals surface area (Å²) >= 11 is 0. The fourth-order valence-electron chi connectivity index (χ4n) is 5.18. The minimum Gasteiger partial charge on any atom is -0.465 e. The van der Waals surface area contributed by atoms with E-state index in [0.29, 0.717) is 25.7 Å². The van der Waals surface area contributed by atoms with Crippen molar-refractivity contribution in [2.24, 2.45) is 33.1 Å². The molecular weight excluding hydrogens is 444 g/mol. The molecule has 0 saturated carbocycles. The first-order chi connectivity index (χ1) is 17.0. The Balaban J connectivity index is 1.76. The number of carbonyl (C=O) groups is 1. The first-order valence-electron chi connectivity index (χ1n) is 14.0. The zero-order valence-corrected chi connectivity index (χ0v) is 21.9. The van der Waals surface area contributed by atoms with Gasteiger partial charge in [-0.2, -0.15) is 0 Å². The summed E-state index contributed by atoms with van der Waals surface area (Å²) in [7, 11) is 0. The molecule has 1 fully saturated rings. The lowest BCUT2D eigenvalue weighted by Gasteiger charge is -2.42. The van der Waals surface area contributed by atoms with E-state index < -0.39 is 11.6 Å². The Morgan fingerprint density at radius 1 is 1.06 bits per heavy atom. The highest BCUT2D eigenvalue weighted by Crippen LogP contribution is 2.38. The molecule has 0 amide bonds. The van der Waals surface area contributed by atoms with Crippen LogP contribution in [0, 0.1) is 5.92 Å². The molecule has 2 aliphatic rings. The van der Waals surface area contributed by atoms with Gasteiger partial charge in [0.15, 0.2) is 17.6 Å². The van der Waals surface area contributed by atoms with E-state index in [0.717, 1.165) is 70.6 Å². The van der Waals surface area contributed by atoms with Crippen molar-refractivity contribution in [2.75, 3.05) is 19.8 Å². The Morgan fingerprint density at radius 3 is 2.37 bits per heavy atom. The van der Waals surface area contributed by atoms with E-state index >= 15 is 0 Å². The number of nitrogens with one attached hydrogen (secondary N) is 1. The van der Waals surface area contributed by atoms with Gasteiger partial charge < -0.3 is 32.0 Å². The lowest BCUT2D eigenvalue weighted by molar-refractivity contribution is -0.165. The van der Waals surface area contributed by atoms with Gasteiger partial charge in [-0.05, 0) is 32.1 Å². The van der Waals surface area contributed by atoms with Crippen molar-refractivity contribution in [3.63, 3.8) is 0 Å². The summed E-state index contributed by atoms with van der Waals surface area (Å²) in [6.45, 7) is 3.98. The second-order valence-corrected chi connectivity index (χ2v) is 10.0. The number of nitrogens with zero attached hydrogens (tertiary/aromatic N) is 2. The normalized spacial score (nSPS) is 23.6. The zero-order chi connectivity index (χ0) is 25.4. The number of carbonyl (C=O) groups excluding carboxylic acids is 1. The van der Waals surface area contributed by atoms with E-state index in [9.17, 15) is 4.79 Å². The number of aliphatic imine (C=N–C) groups is 2. The number of nitrogens with two attached hydrogens (primary N) is 3. The summed E-state index contributed by atoms with van der Waals surface area (Å²) < 4.78 is 11.9. The molecule has 0 unspecified atom stereocenters. The van der Waals surface area contributed by atoms with Gasteiger partial charge in [0, 0.05) is 13.2 Å². The van der Waals surface area contributed by atoms with E-state index in [-0.39, 0.29) is 18.0 Å². The Labute approximate surface area is 212 Å². The molecule has 9 nitrogen and oxygen atoms in total. The van der Waals surface area contributed by atoms with E-state index in [1.165, 1.54) is 32.1 Å². The van der Waals surface area contributed by atoms with Gasteiger partial charge in [0.25, 0.3) is 0 Å². The number of rotatable bonds is 18. The van der Waals surface area contributed by atoms with Crippen LogP contribution >= 0.6 is 0 Å². The van der Waals surface area contributed by atoms with Crippen LogP contribution < -0.4 is 22.5 Å². The van der Waals surface area contributed by atoms with Crippen LogP contribution in [0.25, 0.3) is 0 Å². The third-order valence-electron chi connectivity index (χ3n) is 7.03. The molecule has 2 rings (SSSR count). The minimum absolute atomic E-state index is 0.155. The molecule has 35 heavy (non-hydrogen) atoms. The zero-order valence-electron chi connectivity index (χ0n) is 21.9. The van der Waals surface area contributed by atoms with Gasteiger partial charge in [-0.1, -0.05) is 77.6 Å². The van der Waals surface area contributed by atoms with Crippen LogP contribution in [-0.4, -0.2) is 49.4 Å². The van der Waals surface area contributed by atoms with Crippen LogP contribution in [0.3, 0.4) is 0 Å². The van der Waals surface area contributed by atoms with Crippen LogP contribution in [0.2, 0.25) is 0 Å². The maximum absolute atomic E-state index is 13.3. The maximum Gasteiger partial charge on any atom is 0.316 e. The van der Waals surface area contributed by atoms with Gasteiger partial charge in [-0.3, -0.25) is 9.79 Å². The van der Waals surface area contributed by atoms with Crippen molar-refractivity contribution in [2.45, 2.75) is 121 Å².